The molecule has 1 aliphatic carbocycles. The molecule has 1 nitrogen and oxygen atoms in total. The highest BCUT2D eigenvalue weighted by Gasteiger charge is 2.08. The molecule has 10 heavy (non-hydrogen) atoms. The summed E-state index contributed by atoms with van der Waals surface area (Å²) in [5.74, 6) is 0. The Balaban J connectivity index is 2.74. The molecule has 0 spiro atoms. The lowest BCUT2D eigenvalue weighted by Crippen LogP contribution is -1.96. The summed E-state index contributed by atoms with van der Waals surface area (Å²) in [6.07, 6.45) is 5.24. The van der Waals surface area contributed by atoms with E-state index in [9.17, 15) is 4.79 Å². The fraction of sp³-hybridized carbons (Fsp3) is 0.286. The van der Waals surface area contributed by atoms with Gasteiger partial charge in [-0.25, -0.2) is 0 Å². The van der Waals surface area contributed by atoms with Crippen LogP contribution in [0.2, 0.25) is 0 Å². The molecule has 0 saturated carbocycles. The van der Waals surface area contributed by atoms with Crippen molar-refractivity contribution >= 4 is 32.8 Å². The molecule has 0 saturated heterocycles. The zero-order valence-electron chi connectivity index (χ0n) is 5.23. The number of allylic oxidation sites excluding steroid dienone is 4. The lowest BCUT2D eigenvalue weighted by molar-refractivity contribution is -0.108. The molecule has 1 rings (SSSR count). The summed E-state index contributed by atoms with van der Waals surface area (Å²) in [7, 11) is 0. The summed E-state index contributed by atoms with van der Waals surface area (Å²) >= 11 is 8.58. The zero-order chi connectivity index (χ0) is 7.56. The molecule has 0 fully saturated rings. The molecule has 0 bridgehead atoms. The zero-order valence-corrected chi connectivity index (χ0v) is 7.58. The number of carbonyl (C=O) groups is 1. The third-order valence-electron chi connectivity index (χ3n) is 1.35. The van der Waals surface area contributed by atoms with Crippen molar-refractivity contribution in [1.82, 2.24) is 0 Å². The Morgan fingerprint density at radius 1 is 1.50 bits per heavy atom. The summed E-state index contributed by atoms with van der Waals surface area (Å²) in [4.78, 5) is 10.6. The Labute approximate surface area is 72.9 Å². The first-order valence-electron chi connectivity index (χ1n) is 2.95. The van der Waals surface area contributed by atoms with Crippen molar-refractivity contribution in [3.05, 3.63) is 22.2 Å². The van der Waals surface area contributed by atoms with Gasteiger partial charge in [-0.1, -0.05) is 28.1 Å². The second-order valence-electron chi connectivity index (χ2n) is 2.08. The van der Waals surface area contributed by atoms with Gasteiger partial charge in [-0.05, 0) is 28.9 Å². The average Bonchev–Trinajstić information content (AvgIpc) is 1.88. The molecule has 0 amide bonds. The first kappa shape index (κ1) is 8.02. The molecule has 54 valence electrons. The molecule has 0 radical (unpaired) electrons. The first-order chi connectivity index (χ1) is 4.70. The lowest BCUT2D eigenvalue weighted by atomic mass is 10.1. The minimum atomic E-state index is -0.337. The van der Waals surface area contributed by atoms with Crippen molar-refractivity contribution in [2.24, 2.45) is 0 Å². The molecule has 1 aliphatic rings. The van der Waals surface area contributed by atoms with E-state index in [4.69, 9.17) is 11.6 Å². The van der Waals surface area contributed by atoms with Crippen molar-refractivity contribution < 1.29 is 4.79 Å². The smallest absolute Gasteiger partial charge is 0.248 e. The van der Waals surface area contributed by atoms with Gasteiger partial charge in [0.1, 0.15) is 0 Å². The average molecular weight is 221 g/mol. The minimum absolute atomic E-state index is 0.337. The predicted molar refractivity (Wildman–Crippen MR) is 45.2 cm³/mol. The Bertz CT molecular complexity index is 218. The maximum absolute atomic E-state index is 10.6. The summed E-state index contributed by atoms with van der Waals surface area (Å²) in [5.41, 5.74) is 0.699. The van der Waals surface area contributed by atoms with E-state index in [2.05, 4.69) is 15.9 Å². The Hall–Kier alpha value is -0.0800. The van der Waals surface area contributed by atoms with E-state index in [1.165, 1.54) is 0 Å². The minimum Gasteiger partial charge on any atom is -0.276 e. The van der Waals surface area contributed by atoms with Gasteiger partial charge in [0.2, 0.25) is 5.24 Å². The van der Waals surface area contributed by atoms with Gasteiger partial charge in [-0.2, -0.15) is 0 Å². The predicted octanol–water partition coefficient (Wildman–Crippen LogP) is 2.75. The SMILES string of the molecule is O=C(Cl)C1=CC=C(Br)CC1. The third-order valence-corrected chi connectivity index (χ3v) is 2.25. The Morgan fingerprint density at radius 2 is 2.20 bits per heavy atom. The van der Waals surface area contributed by atoms with E-state index >= 15 is 0 Å². The van der Waals surface area contributed by atoms with Gasteiger partial charge in [0.25, 0.3) is 0 Å². The molecule has 0 unspecified atom stereocenters. The van der Waals surface area contributed by atoms with Gasteiger partial charge >= 0.3 is 0 Å². The van der Waals surface area contributed by atoms with Gasteiger partial charge in [0.05, 0.1) is 0 Å². The van der Waals surface area contributed by atoms with Crippen LogP contribution in [0.3, 0.4) is 0 Å². The van der Waals surface area contributed by atoms with E-state index < -0.39 is 0 Å². The van der Waals surface area contributed by atoms with Crippen LogP contribution in [-0.4, -0.2) is 5.24 Å². The molecule has 0 heterocycles. The van der Waals surface area contributed by atoms with Crippen LogP contribution in [-0.2, 0) is 4.79 Å². The maximum atomic E-state index is 10.6. The fourth-order valence-corrected chi connectivity index (χ4v) is 1.26. The highest BCUT2D eigenvalue weighted by atomic mass is 79.9. The van der Waals surface area contributed by atoms with Crippen molar-refractivity contribution in [2.75, 3.05) is 0 Å². The first-order valence-corrected chi connectivity index (χ1v) is 4.12. The number of hydrogen-bond donors (Lipinski definition) is 0. The molecule has 3 heteroatoms. The van der Waals surface area contributed by atoms with Crippen LogP contribution in [0.25, 0.3) is 0 Å². The molecule has 0 aromatic carbocycles. The van der Waals surface area contributed by atoms with Gasteiger partial charge in [-0.15, -0.1) is 0 Å². The number of rotatable bonds is 1. The summed E-state index contributed by atoms with van der Waals surface area (Å²) in [5, 5.41) is -0.337. The quantitative estimate of drug-likeness (QED) is 0.622. The normalized spacial score (nSPS) is 17.8. The fourth-order valence-electron chi connectivity index (χ4n) is 0.776. The van der Waals surface area contributed by atoms with E-state index in [1.54, 1.807) is 6.08 Å². The second-order valence-corrected chi connectivity index (χ2v) is 3.44. The maximum Gasteiger partial charge on any atom is 0.248 e. The number of hydrogen-bond acceptors (Lipinski definition) is 1. The topological polar surface area (TPSA) is 17.1 Å². The molecule has 0 atom stereocenters. The number of halogens is 2. The van der Waals surface area contributed by atoms with Crippen molar-refractivity contribution in [3.8, 4) is 0 Å². The van der Waals surface area contributed by atoms with Gasteiger partial charge in [-0.3, -0.25) is 4.79 Å². The van der Waals surface area contributed by atoms with E-state index in [0.29, 0.717) is 5.57 Å². The molecule has 0 N–H and O–H groups in total. The largest absolute Gasteiger partial charge is 0.276 e. The summed E-state index contributed by atoms with van der Waals surface area (Å²) < 4.78 is 1.12. The van der Waals surface area contributed by atoms with E-state index in [1.807, 2.05) is 6.08 Å². The molecular formula is C7H6BrClO. The Morgan fingerprint density at radius 3 is 2.60 bits per heavy atom. The van der Waals surface area contributed by atoms with Crippen molar-refractivity contribution in [3.63, 3.8) is 0 Å². The third kappa shape index (κ3) is 1.96. The van der Waals surface area contributed by atoms with Crippen LogP contribution >= 0.6 is 27.5 Å². The van der Waals surface area contributed by atoms with E-state index in [0.717, 1.165) is 17.3 Å². The van der Waals surface area contributed by atoms with Crippen molar-refractivity contribution in [2.45, 2.75) is 12.8 Å². The highest BCUT2D eigenvalue weighted by Crippen LogP contribution is 2.23. The van der Waals surface area contributed by atoms with Gasteiger partial charge in [0.15, 0.2) is 0 Å². The van der Waals surface area contributed by atoms with Gasteiger partial charge < -0.3 is 0 Å². The van der Waals surface area contributed by atoms with Crippen LogP contribution in [0.15, 0.2) is 22.2 Å². The van der Waals surface area contributed by atoms with Crippen LogP contribution in [0, 0.1) is 0 Å². The Kier molecular flexibility index (Phi) is 2.69. The molecule has 0 aliphatic heterocycles. The molecular weight excluding hydrogens is 215 g/mol. The van der Waals surface area contributed by atoms with Crippen LogP contribution in [0.5, 0.6) is 0 Å². The summed E-state index contributed by atoms with van der Waals surface area (Å²) in [6.45, 7) is 0. The van der Waals surface area contributed by atoms with Crippen molar-refractivity contribution in [1.29, 1.82) is 0 Å². The molecule has 0 aromatic rings. The standard InChI is InChI=1S/C7H6BrClO/c8-6-3-1-5(2-4-6)7(9)10/h1,3H,2,4H2. The molecule has 0 aromatic heterocycles. The van der Waals surface area contributed by atoms with Crippen LogP contribution in [0.4, 0.5) is 0 Å². The van der Waals surface area contributed by atoms with Crippen LogP contribution in [0.1, 0.15) is 12.8 Å². The summed E-state index contributed by atoms with van der Waals surface area (Å²) in [6, 6.07) is 0. The second kappa shape index (κ2) is 3.35. The van der Waals surface area contributed by atoms with Gasteiger partial charge in [0, 0.05) is 5.57 Å². The van der Waals surface area contributed by atoms with Crippen LogP contribution < -0.4 is 0 Å². The number of carbonyl (C=O) groups excluding carboxylic acids is 1. The monoisotopic (exact) mass is 220 g/mol. The van der Waals surface area contributed by atoms with E-state index in [-0.39, 0.29) is 5.24 Å². The lowest BCUT2D eigenvalue weighted by Gasteiger charge is -2.05. The highest BCUT2D eigenvalue weighted by molar-refractivity contribution is 9.11.